The smallest absolute Gasteiger partial charge is 0.137 e. The molecule has 0 aromatic heterocycles. The van der Waals surface area contributed by atoms with Gasteiger partial charge in [0, 0.05) is 12.3 Å². The van der Waals surface area contributed by atoms with E-state index < -0.39 is 0 Å². The highest BCUT2D eigenvalue weighted by Crippen LogP contribution is 2.67. The number of carbonyl (C=O) groups is 1. The minimum absolute atomic E-state index is 0.227. The maximum absolute atomic E-state index is 13.2. The topological polar surface area (TPSA) is 17.1 Å². The van der Waals surface area contributed by atoms with Gasteiger partial charge in [-0.15, -0.1) is 0 Å². The molecule has 0 N–H and O–H groups in total. The van der Waals surface area contributed by atoms with Crippen molar-refractivity contribution in [2.75, 3.05) is 0 Å². The Hall–Kier alpha value is -0.850. The van der Waals surface area contributed by atoms with E-state index in [1.54, 1.807) is 0 Å². The summed E-state index contributed by atoms with van der Waals surface area (Å²) in [6.45, 7) is 14.6. The molecule has 3 saturated carbocycles. The number of carbonyl (C=O) groups excluding carboxylic acids is 1. The van der Waals surface area contributed by atoms with Crippen LogP contribution in [0.2, 0.25) is 0 Å². The summed E-state index contributed by atoms with van der Waals surface area (Å²) in [5, 5.41) is 0. The number of Topliss-reactive ketones (excluding diaryl/α,β-unsaturated/α-hetero) is 1. The molecule has 1 nitrogen and oxygen atoms in total. The zero-order valence-electron chi connectivity index (χ0n) is 20.5. The van der Waals surface area contributed by atoms with E-state index >= 15 is 0 Å². The van der Waals surface area contributed by atoms with Crippen LogP contribution >= 0.6 is 0 Å². The molecule has 0 aliphatic heterocycles. The van der Waals surface area contributed by atoms with Crippen molar-refractivity contribution in [2.24, 2.45) is 58.2 Å². The minimum atomic E-state index is 0.227. The number of hydrogen-bond donors (Lipinski definition) is 0. The second kappa shape index (κ2) is 8.25. The van der Waals surface area contributed by atoms with Crippen molar-refractivity contribution in [3.05, 3.63) is 24.3 Å². The summed E-state index contributed by atoms with van der Waals surface area (Å²) >= 11 is 0. The highest BCUT2D eigenvalue weighted by Gasteiger charge is 2.61. The van der Waals surface area contributed by atoms with Gasteiger partial charge in [0.25, 0.3) is 0 Å². The molecule has 0 radical (unpaired) electrons. The highest BCUT2D eigenvalue weighted by molar-refractivity contribution is 5.83. The first kappa shape index (κ1) is 22.3. The second-order valence-electron chi connectivity index (χ2n) is 12.3. The quantitative estimate of drug-likeness (QED) is 0.421. The average molecular weight is 411 g/mol. The zero-order valence-corrected chi connectivity index (χ0v) is 20.5. The Labute approximate surface area is 186 Å². The molecule has 4 aliphatic carbocycles. The van der Waals surface area contributed by atoms with E-state index in [-0.39, 0.29) is 5.41 Å². The van der Waals surface area contributed by atoms with Crippen molar-refractivity contribution in [1.82, 2.24) is 0 Å². The minimum Gasteiger partial charge on any atom is -0.299 e. The fourth-order valence-corrected chi connectivity index (χ4v) is 8.84. The molecule has 4 rings (SSSR count). The van der Waals surface area contributed by atoms with Gasteiger partial charge in [-0.05, 0) is 97.2 Å². The Morgan fingerprint density at radius 3 is 2.47 bits per heavy atom. The lowest BCUT2D eigenvalue weighted by Crippen LogP contribution is -2.55. The van der Waals surface area contributed by atoms with Gasteiger partial charge >= 0.3 is 0 Å². The summed E-state index contributed by atoms with van der Waals surface area (Å²) in [5.74, 6) is 5.94. The Kier molecular flexibility index (Phi) is 6.15. The fraction of sp³-hybridized carbons (Fsp3) is 0.828. The fourth-order valence-electron chi connectivity index (χ4n) is 8.84. The number of allylic oxidation sites excluding steroid dienone is 4. The molecular weight excluding hydrogens is 364 g/mol. The molecule has 3 fully saturated rings. The molecular formula is C29H46O. The van der Waals surface area contributed by atoms with Crippen LogP contribution in [0.4, 0.5) is 0 Å². The average Bonchev–Trinajstić information content (AvgIpc) is 3.05. The van der Waals surface area contributed by atoms with Gasteiger partial charge in [-0.25, -0.2) is 0 Å². The Balaban J connectivity index is 1.54. The lowest BCUT2D eigenvalue weighted by Gasteiger charge is -2.59. The third-order valence-corrected chi connectivity index (χ3v) is 10.7. The molecule has 4 aliphatic rings. The van der Waals surface area contributed by atoms with E-state index in [0.29, 0.717) is 34.9 Å². The standard InChI is InChI=1S/C29H46O/c1-7-21(19(2)3)12-11-20(4)23-13-14-24-22-18-27(30)26-10-8-9-16-28(26,5)25(22)15-17-29(23,24)6/h8-9,11-12,19-26H,7,10,13-18H2,1-6H3/t20-,21?,22+,23-,24+,25+,26-,28-,29-/m1/s1. The maximum atomic E-state index is 13.2. The summed E-state index contributed by atoms with van der Waals surface area (Å²) < 4.78 is 0. The SMILES string of the molecule is CCC(C=C[C@@H](C)[C@H]1CC[C@H]2[C@@H]3CC(=O)[C@H]4CC=CC[C@]4(C)[C@H]3CC[C@]12C)C(C)C. The number of rotatable bonds is 5. The first-order valence-electron chi connectivity index (χ1n) is 13.1. The van der Waals surface area contributed by atoms with Crippen molar-refractivity contribution in [1.29, 1.82) is 0 Å². The molecule has 9 atom stereocenters. The van der Waals surface area contributed by atoms with Crippen molar-refractivity contribution >= 4 is 5.78 Å². The van der Waals surface area contributed by atoms with Crippen LogP contribution in [0.1, 0.15) is 92.9 Å². The Morgan fingerprint density at radius 1 is 1.03 bits per heavy atom. The lowest BCUT2D eigenvalue weighted by atomic mass is 9.45. The van der Waals surface area contributed by atoms with Crippen LogP contribution in [0.5, 0.6) is 0 Å². The van der Waals surface area contributed by atoms with Gasteiger partial charge in [0.1, 0.15) is 5.78 Å². The lowest BCUT2D eigenvalue weighted by molar-refractivity contribution is -0.149. The van der Waals surface area contributed by atoms with Gasteiger partial charge in [0.05, 0.1) is 0 Å². The van der Waals surface area contributed by atoms with Crippen molar-refractivity contribution in [3.63, 3.8) is 0 Å². The third kappa shape index (κ3) is 3.47. The summed E-state index contributed by atoms with van der Waals surface area (Å²) in [6.07, 6.45) is 19.4. The molecule has 30 heavy (non-hydrogen) atoms. The number of ketones is 1. The van der Waals surface area contributed by atoms with Crippen LogP contribution in [-0.2, 0) is 4.79 Å². The second-order valence-corrected chi connectivity index (χ2v) is 12.3. The van der Waals surface area contributed by atoms with Crippen molar-refractivity contribution in [2.45, 2.75) is 92.9 Å². The van der Waals surface area contributed by atoms with Crippen LogP contribution < -0.4 is 0 Å². The van der Waals surface area contributed by atoms with Gasteiger partial charge in [-0.2, -0.15) is 0 Å². The van der Waals surface area contributed by atoms with Crippen molar-refractivity contribution < 1.29 is 4.79 Å². The van der Waals surface area contributed by atoms with E-state index in [1.165, 1.54) is 32.1 Å². The summed E-state index contributed by atoms with van der Waals surface area (Å²) in [7, 11) is 0. The largest absolute Gasteiger partial charge is 0.299 e. The van der Waals surface area contributed by atoms with Gasteiger partial charge in [-0.1, -0.05) is 65.8 Å². The Bertz CT molecular complexity index is 701. The van der Waals surface area contributed by atoms with E-state index in [9.17, 15) is 4.79 Å². The van der Waals surface area contributed by atoms with E-state index in [2.05, 4.69) is 65.8 Å². The van der Waals surface area contributed by atoms with Crippen molar-refractivity contribution in [3.8, 4) is 0 Å². The maximum Gasteiger partial charge on any atom is 0.137 e. The predicted octanol–water partition coefficient (Wildman–Crippen LogP) is 7.86. The van der Waals surface area contributed by atoms with E-state index in [0.717, 1.165) is 42.9 Å². The molecule has 0 bridgehead atoms. The molecule has 0 aromatic carbocycles. The first-order valence-corrected chi connectivity index (χ1v) is 13.1. The van der Waals surface area contributed by atoms with Crippen LogP contribution in [0.15, 0.2) is 24.3 Å². The summed E-state index contributed by atoms with van der Waals surface area (Å²) in [6, 6.07) is 0. The van der Waals surface area contributed by atoms with E-state index in [1.807, 2.05) is 0 Å². The summed E-state index contributed by atoms with van der Waals surface area (Å²) in [5.41, 5.74) is 0.656. The first-order chi connectivity index (χ1) is 14.2. The van der Waals surface area contributed by atoms with Crippen LogP contribution in [0, 0.1) is 58.2 Å². The molecule has 1 unspecified atom stereocenters. The molecule has 0 heterocycles. The van der Waals surface area contributed by atoms with Crippen LogP contribution in [0.3, 0.4) is 0 Å². The monoisotopic (exact) mass is 410 g/mol. The molecule has 1 heteroatoms. The molecule has 0 spiro atoms. The summed E-state index contributed by atoms with van der Waals surface area (Å²) in [4.78, 5) is 13.2. The van der Waals surface area contributed by atoms with Gasteiger partial charge in [0.2, 0.25) is 0 Å². The normalized spacial score (nSPS) is 45.3. The van der Waals surface area contributed by atoms with Crippen LogP contribution in [-0.4, -0.2) is 5.78 Å². The third-order valence-electron chi connectivity index (χ3n) is 10.7. The molecule has 0 amide bonds. The van der Waals surface area contributed by atoms with Crippen LogP contribution in [0.25, 0.3) is 0 Å². The van der Waals surface area contributed by atoms with Gasteiger partial charge in [0.15, 0.2) is 0 Å². The molecule has 168 valence electrons. The number of fused-ring (bicyclic) bond motifs is 5. The van der Waals surface area contributed by atoms with Gasteiger partial charge < -0.3 is 0 Å². The predicted molar refractivity (Wildman–Crippen MR) is 127 cm³/mol. The zero-order chi connectivity index (χ0) is 21.7. The highest BCUT2D eigenvalue weighted by atomic mass is 16.1. The molecule has 0 saturated heterocycles. The van der Waals surface area contributed by atoms with E-state index in [4.69, 9.17) is 0 Å². The number of hydrogen-bond acceptors (Lipinski definition) is 1. The molecule has 0 aromatic rings. The Morgan fingerprint density at radius 2 is 1.77 bits per heavy atom. The van der Waals surface area contributed by atoms with Gasteiger partial charge in [-0.3, -0.25) is 4.79 Å².